The first-order valence-electron chi connectivity index (χ1n) is 16.3. The van der Waals surface area contributed by atoms with Gasteiger partial charge in [-0.05, 0) is 146 Å². The molecule has 0 aromatic heterocycles. The Morgan fingerprint density at radius 2 is 0.382 bits per heavy atom. The van der Waals surface area contributed by atoms with Crippen LogP contribution in [0.3, 0.4) is 0 Å². The van der Waals surface area contributed by atoms with Crippen LogP contribution in [0.25, 0.3) is 0 Å². The molecule has 0 bridgehead atoms. The van der Waals surface area contributed by atoms with Crippen LogP contribution in [-0.4, -0.2) is 42.7 Å². The molecule has 6 rings (SSSR count). The number of ether oxygens (including phenoxy) is 6. The Hall–Kier alpha value is -3.34. The second-order valence-electron chi connectivity index (χ2n) is 11.4. The first kappa shape index (κ1) is 47.8. The summed E-state index contributed by atoms with van der Waals surface area (Å²) >= 11 is 0. The number of hydrogen-bond donors (Lipinski definition) is 0. The molecule has 0 heterocycles. The van der Waals surface area contributed by atoms with Gasteiger partial charge in [0.2, 0.25) is 0 Å². The van der Waals surface area contributed by atoms with E-state index in [4.69, 9.17) is 28.4 Å². The first-order chi connectivity index (χ1) is 25.2. The number of halogens is 2. The molecular formula is C42H42I2O8P2Zn. The molecule has 0 unspecified atom stereocenters. The van der Waals surface area contributed by atoms with Gasteiger partial charge >= 0.3 is 19.5 Å². The fourth-order valence-corrected chi connectivity index (χ4v) is 10.8. The zero-order valence-corrected chi connectivity index (χ0v) is 40.6. The maximum Gasteiger partial charge on any atom is 2.00 e. The SMILES string of the molecule is COc1ccc(P(=O)(c2ccc(OC)cc2)c2ccc(OC)cc2)cc1.COc1ccc(P(=O)(c2ccc(OC)cc2)c2ccc(OC)cc2)cc1.[I-].[I-].[Zn+2]. The van der Waals surface area contributed by atoms with Crippen molar-refractivity contribution in [2.45, 2.75) is 0 Å². The predicted octanol–water partition coefficient (Wildman–Crippen LogP) is 0.709. The molecule has 6 aromatic rings. The normalized spacial score (nSPS) is 10.4. The van der Waals surface area contributed by atoms with E-state index in [1.165, 1.54) is 0 Å². The number of rotatable bonds is 12. The Kier molecular flexibility index (Phi) is 19.5. The zero-order valence-electron chi connectivity index (χ0n) is 31.5. The third kappa shape index (κ3) is 11.0. The summed E-state index contributed by atoms with van der Waals surface area (Å²) in [4.78, 5) is 0. The van der Waals surface area contributed by atoms with Crippen LogP contribution in [-0.2, 0) is 28.6 Å². The second-order valence-corrected chi connectivity index (χ2v) is 16.9. The van der Waals surface area contributed by atoms with Gasteiger partial charge in [-0.2, -0.15) is 0 Å². The first-order valence-corrected chi connectivity index (χ1v) is 19.7. The van der Waals surface area contributed by atoms with Crippen molar-refractivity contribution in [3.05, 3.63) is 146 Å². The molecule has 0 aliphatic carbocycles. The van der Waals surface area contributed by atoms with E-state index in [2.05, 4.69) is 0 Å². The van der Waals surface area contributed by atoms with E-state index in [1.54, 1.807) is 42.7 Å². The van der Waals surface area contributed by atoms with E-state index >= 15 is 0 Å². The molecule has 0 fully saturated rings. The van der Waals surface area contributed by atoms with Crippen molar-refractivity contribution in [3.8, 4) is 34.5 Å². The molecule has 8 nitrogen and oxygen atoms in total. The van der Waals surface area contributed by atoms with Crippen molar-refractivity contribution < 1.29 is 105 Å². The quantitative estimate of drug-likeness (QED) is 0.101. The molecule has 0 atom stereocenters. The van der Waals surface area contributed by atoms with Crippen molar-refractivity contribution >= 4 is 46.1 Å². The van der Waals surface area contributed by atoms with Crippen LogP contribution >= 0.6 is 14.3 Å². The van der Waals surface area contributed by atoms with Crippen LogP contribution < -0.4 is 108 Å². The molecule has 284 valence electrons. The summed E-state index contributed by atoms with van der Waals surface area (Å²) in [6.07, 6.45) is 0. The number of methoxy groups -OCH3 is 6. The Bertz CT molecular complexity index is 1730. The smallest absolute Gasteiger partial charge is 1.00 e. The summed E-state index contributed by atoms with van der Waals surface area (Å²) in [6.45, 7) is 0. The van der Waals surface area contributed by atoms with E-state index in [1.807, 2.05) is 146 Å². The molecule has 0 saturated carbocycles. The summed E-state index contributed by atoms with van der Waals surface area (Å²) in [6, 6.07) is 44.2. The Labute approximate surface area is 370 Å². The Morgan fingerprint density at radius 3 is 0.473 bits per heavy atom. The van der Waals surface area contributed by atoms with Gasteiger partial charge in [-0.3, -0.25) is 0 Å². The van der Waals surface area contributed by atoms with Gasteiger partial charge in [-0.1, -0.05) is 0 Å². The minimum atomic E-state index is -3.03. The second kappa shape index (κ2) is 22.4. The van der Waals surface area contributed by atoms with Crippen LogP contribution in [0, 0.1) is 0 Å². The van der Waals surface area contributed by atoms with E-state index in [9.17, 15) is 9.13 Å². The van der Waals surface area contributed by atoms with E-state index in [-0.39, 0.29) is 67.4 Å². The van der Waals surface area contributed by atoms with Crippen molar-refractivity contribution in [3.63, 3.8) is 0 Å². The monoisotopic (exact) mass is 1050 g/mol. The van der Waals surface area contributed by atoms with Gasteiger partial charge in [0.15, 0.2) is 14.3 Å². The maximum atomic E-state index is 14.3. The van der Waals surface area contributed by atoms with Gasteiger partial charge in [0.25, 0.3) is 0 Å². The van der Waals surface area contributed by atoms with Crippen molar-refractivity contribution in [1.82, 2.24) is 0 Å². The molecule has 0 aliphatic heterocycles. The summed E-state index contributed by atoms with van der Waals surface area (Å²) < 4.78 is 60.0. The molecular weight excluding hydrogens is 1010 g/mol. The fourth-order valence-electron chi connectivity index (χ4n) is 5.65. The maximum absolute atomic E-state index is 14.3. The van der Waals surface area contributed by atoms with Crippen LogP contribution in [0.15, 0.2) is 146 Å². The third-order valence-corrected chi connectivity index (χ3v) is 14.8. The van der Waals surface area contributed by atoms with E-state index < -0.39 is 14.3 Å². The topological polar surface area (TPSA) is 89.5 Å². The summed E-state index contributed by atoms with van der Waals surface area (Å²) in [5.74, 6) is 4.36. The summed E-state index contributed by atoms with van der Waals surface area (Å²) in [5.41, 5.74) is 0. The largest absolute Gasteiger partial charge is 2.00 e. The van der Waals surface area contributed by atoms with E-state index in [0.717, 1.165) is 66.3 Å². The van der Waals surface area contributed by atoms with Gasteiger partial charge in [-0.15, -0.1) is 0 Å². The van der Waals surface area contributed by atoms with Crippen molar-refractivity contribution in [1.29, 1.82) is 0 Å². The van der Waals surface area contributed by atoms with Crippen molar-refractivity contribution in [2.75, 3.05) is 42.7 Å². The van der Waals surface area contributed by atoms with E-state index in [0.29, 0.717) is 0 Å². The molecule has 0 saturated heterocycles. The minimum Gasteiger partial charge on any atom is -1.00 e. The minimum absolute atomic E-state index is 0. The third-order valence-electron chi connectivity index (χ3n) is 8.62. The molecule has 0 N–H and O–H groups in total. The molecule has 55 heavy (non-hydrogen) atoms. The zero-order chi connectivity index (χ0) is 37.1. The van der Waals surface area contributed by atoms with Crippen LogP contribution in [0.5, 0.6) is 34.5 Å². The summed E-state index contributed by atoms with van der Waals surface area (Å²) in [7, 11) is 3.61. The van der Waals surface area contributed by atoms with Gasteiger partial charge < -0.3 is 85.5 Å². The Balaban J connectivity index is 0.000000360. The van der Waals surface area contributed by atoms with Crippen LogP contribution in [0.1, 0.15) is 0 Å². The average Bonchev–Trinajstić information content (AvgIpc) is 3.23. The Morgan fingerprint density at radius 1 is 0.273 bits per heavy atom. The standard InChI is InChI=1S/2C21H21O4P.2HI.Zn/c2*1-23-16-4-10-19(11-5-16)26(22,20-12-6-17(24-2)7-13-20)21-14-8-18(25-3)9-15-21;;;/h2*4-15H,1-3H3;2*1H;/q;;;;+2/p-2. The van der Waals surface area contributed by atoms with Crippen LogP contribution in [0.4, 0.5) is 0 Å². The average molecular weight is 1060 g/mol. The molecule has 0 amide bonds. The van der Waals surface area contributed by atoms with Crippen molar-refractivity contribution in [2.24, 2.45) is 0 Å². The molecule has 0 aliphatic rings. The fraction of sp³-hybridized carbons (Fsp3) is 0.143. The van der Waals surface area contributed by atoms with Gasteiger partial charge in [-0.25, -0.2) is 0 Å². The number of hydrogen-bond acceptors (Lipinski definition) is 8. The molecule has 13 heteroatoms. The predicted molar refractivity (Wildman–Crippen MR) is 211 cm³/mol. The number of benzene rings is 6. The summed E-state index contributed by atoms with van der Waals surface area (Å²) in [5, 5.41) is 4.46. The van der Waals surface area contributed by atoms with Gasteiger partial charge in [0.1, 0.15) is 34.5 Å². The molecule has 0 spiro atoms. The van der Waals surface area contributed by atoms with Crippen LogP contribution in [0.2, 0.25) is 0 Å². The molecule has 6 aromatic carbocycles. The van der Waals surface area contributed by atoms with Gasteiger partial charge in [0.05, 0.1) is 42.7 Å². The molecule has 0 radical (unpaired) electrons. The van der Waals surface area contributed by atoms with Gasteiger partial charge in [0, 0.05) is 31.8 Å².